The normalized spacial score (nSPS) is 23.7. The summed E-state index contributed by atoms with van der Waals surface area (Å²) in [5, 5.41) is 12.6. The van der Waals surface area contributed by atoms with E-state index in [1.54, 1.807) is 11.8 Å². The van der Waals surface area contributed by atoms with E-state index < -0.39 is 23.8 Å². The fourth-order valence-electron chi connectivity index (χ4n) is 3.44. The molecule has 1 saturated heterocycles. The molecular formula is C18H24F2N2O2. The predicted molar refractivity (Wildman–Crippen MR) is 86.3 cm³/mol. The Morgan fingerprint density at radius 3 is 2.71 bits per heavy atom. The van der Waals surface area contributed by atoms with Crippen molar-refractivity contribution in [1.29, 1.82) is 0 Å². The van der Waals surface area contributed by atoms with Crippen LogP contribution < -0.4 is 5.32 Å². The fourth-order valence-corrected chi connectivity index (χ4v) is 3.44. The summed E-state index contributed by atoms with van der Waals surface area (Å²) >= 11 is 0. The SMILES string of the molecule is C[C@H](O)[C@H]1CCCN(C(=O)N[C@H](c2cc(F)ccc2F)C2CC2)C1. The zero-order valence-electron chi connectivity index (χ0n) is 13.8. The first-order valence-electron chi connectivity index (χ1n) is 8.64. The molecule has 1 aliphatic carbocycles. The molecule has 1 aliphatic heterocycles. The Bertz CT molecular complexity index is 605. The number of hydrogen-bond acceptors (Lipinski definition) is 2. The van der Waals surface area contributed by atoms with Crippen molar-refractivity contribution in [3.8, 4) is 0 Å². The molecule has 2 aliphatic rings. The van der Waals surface area contributed by atoms with Crippen LogP contribution in [0, 0.1) is 23.5 Å². The average Bonchev–Trinajstić information content (AvgIpc) is 3.40. The number of aliphatic hydroxyl groups is 1. The molecule has 2 N–H and O–H groups in total. The van der Waals surface area contributed by atoms with Gasteiger partial charge in [0.2, 0.25) is 0 Å². The third-order valence-electron chi connectivity index (χ3n) is 5.09. The minimum Gasteiger partial charge on any atom is -0.393 e. The van der Waals surface area contributed by atoms with Gasteiger partial charge in [-0.05, 0) is 56.7 Å². The van der Waals surface area contributed by atoms with E-state index in [0.717, 1.165) is 37.8 Å². The molecule has 132 valence electrons. The molecule has 0 aromatic heterocycles. The van der Waals surface area contributed by atoms with E-state index in [9.17, 15) is 18.7 Å². The van der Waals surface area contributed by atoms with Gasteiger partial charge in [-0.3, -0.25) is 0 Å². The van der Waals surface area contributed by atoms with Crippen molar-refractivity contribution in [3.63, 3.8) is 0 Å². The Morgan fingerprint density at radius 1 is 1.29 bits per heavy atom. The average molecular weight is 338 g/mol. The summed E-state index contributed by atoms with van der Waals surface area (Å²) in [6.07, 6.45) is 3.08. The maximum atomic E-state index is 14.1. The van der Waals surface area contributed by atoms with Crippen LogP contribution >= 0.6 is 0 Å². The number of nitrogens with one attached hydrogen (secondary N) is 1. The number of aliphatic hydroxyl groups excluding tert-OH is 1. The van der Waals surface area contributed by atoms with Crippen molar-refractivity contribution >= 4 is 6.03 Å². The number of carbonyl (C=O) groups is 1. The van der Waals surface area contributed by atoms with Crippen molar-refractivity contribution in [3.05, 3.63) is 35.4 Å². The number of benzene rings is 1. The molecule has 1 saturated carbocycles. The molecule has 0 bridgehead atoms. The summed E-state index contributed by atoms with van der Waals surface area (Å²) < 4.78 is 27.6. The van der Waals surface area contributed by atoms with E-state index >= 15 is 0 Å². The summed E-state index contributed by atoms with van der Waals surface area (Å²) in [4.78, 5) is 14.3. The zero-order valence-corrected chi connectivity index (χ0v) is 13.8. The van der Waals surface area contributed by atoms with Crippen LogP contribution in [0.3, 0.4) is 0 Å². The Labute approximate surface area is 140 Å². The van der Waals surface area contributed by atoms with Gasteiger partial charge in [-0.2, -0.15) is 0 Å². The van der Waals surface area contributed by atoms with Gasteiger partial charge in [0.1, 0.15) is 11.6 Å². The highest BCUT2D eigenvalue weighted by Gasteiger charge is 2.36. The van der Waals surface area contributed by atoms with Gasteiger partial charge in [-0.15, -0.1) is 0 Å². The van der Waals surface area contributed by atoms with Gasteiger partial charge >= 0.3 is 6.03 Å². The molecule has 3 rings (SSSR count). The molecule has 1 aromatic rings. The van der Waals surface area contributed by atoms with E-state index in [0.29, 0.717) is 13.1 Å². The van der Waals surface area contributed by atoms with E-state index in [4.69, 9.17) is 0 Å². The fraction of sp³-hybridized carbons (Fsp3) is 0.611. The molecule has 3 atom stereocenters. The number of likely N-dealkylation sites (tertiary alicyclic amines) is 1. The lowest BCUT2D eigenvalue weighted by atomic mass is 9.93. The maximum absolute atomic E-state index is 14.1. The maximum Gasteiger partial charge on any atom is 0.317 e. The number of halogens is 2. The van der Waals surface area contributed by atoms with Crippen LogP contribution in [-0.2, 0) is 0 Å². The monoisotopic (exact) mass is 338 g/mol. The van der Waals surface area contributed by atoms with Crippen molar-refractivity contribution < 1.29 is 18.7 Å². The smallest absolute Gasteiger partial charge is 0.317 e. The molecule has 0 spiro atoms. The predicted octanol–water partition coefficient (Wildman–Crippen LogP) is 3.22. The highest BCUT2D eigenvalue weighted by Crippen LogP contribution is 2.42. The van der Waals surface area contributed by atoms with E-state index in [2.05, 4.69) is 5.32 Å². The number of carbonyl (C=O) groups excluding carboxylic acids is 1. The summed E-state index contributed by atoms with van der Waals surface area (Å²) in [7, 11) is 0. The van der Waals surface area contributed by atoms with Crippen LogP contribution in [0.1, 0.15) is 44.2 Å². The minimum absolute atomic E-state index is 0.0646. The van der Waals surface area contributed by atoms with Crippen LogP contribution in [0.4, 0.5) is 13.6 Å². The first kappa shape index (κ1) is 17.1. The third kappa shape index (κ3) is 3.86. The number of hydrogen-bond donors (Lipinski definition) is 2. The lowest BCUT2D eigenvalue weighted by molar-refractivity contribution is 0.0731. The van der Waals surface area contributed by atoms with Gasteiger partial charge in [-0.1, -0.05) is 0 Å². The van der Waals surface area contributed by atoms with Crippen molar-refractivity contribution in [1.82, 2.24) is 10.2 Å². The molecule has 2 amide bonds. The standard InChI is InChI=1S/C18H24F2N2O2/c1-11(23)13-3-2-8-22(10-13)18(24)21-17(12-4-5-12)15-9-14(19)6-7-16(15)20/h6-7,9,11-13,17,23H,2-5,8,10H2,1H3,(H,21,24)/t11-,13-,17-/m0/s1. The van der Waals surface area contributed by atoms with Crippen LogP contribution in [0.2, 0.25) is 0 Å². The largest absolute Gasteiger partial charge is 0.393 e. The van der Waals surface area contributed by atoms with Crippen molar-refractivity contribution in [2.75, 3.05) is 13.1 Å². The summed E-state index contributed by atoms with van der Waals surface area (Å²) in [5.41, 5.74) is 0.218. The van der Waals surface area contributed by atoms with Gasteiger partial charge in [-0.25, -0.2) is 13.6 Å². The lowest BCUT2D eigenvalue weighted by Gasteiger charge is -2.35. The molecule has 1 aromatic carbocycles. The molecule has 1 heterocycles. The topological polar surface area (TPSA) is 52.6 Å². The molecule has 2 fully saturated rings. The summed E-state index contributed by atoms with van der Waals surface area (Å²) in [6.45, 7) is 2.85. The number of amides is 2. The molecule has 0 radical (unpaired) electrons. The molecule has 6 heteroatoms. The first-order chi connectivity index (χ1) is 11.5. The Hall–Kier alpha value is -1.69. The second-order valence-electron chi connectivity index (χ2n) is 7.02. The number of piperidine rings is 1. The summed E-state index contributed by atoms with van der Waals surface area (Å²) in [5.74, 6) is -0.773. The van der Waals surface area contributed by atoms with Crippen molar-refractivity contribution in [2.45, 2.75) is 44.8 Å². The van der Waals surface area contributed by atoms with Gasteiger partial charge in [0.25, 0.3) is 0 Å². The van der Waals surface area contributed by atoms with E-state index in [-0.39, 0.29) is 23.4 Å². The number of nitrogens with zero attached hydrogens (tertiary/aromatic N) is 1. The number of rotatable bonds is 4. The second-order valence-corrected chi connectivity index (χ2v) is 7.02. The molecule has 24 heavy (non-hydrogen) atoms. The van der Waals surface area contributed by atoms with Crippen LogP contribution in [0.5, 0.6) is 0 Å². The van der Waals surface area contributed by atoms with Crippen molar-refractivity contribution in [2.24, 2.45) is 11.8 Å². The first-order valence-corrected chi connectivity index (χ1v) is 8.64. The van der Waals surface area contributed by atoms with Gasteiger partial charge in [0.15, 0.2) is 0 Å². The van der Waals surface area contributed by atoms with E-state index in [1.165, 1.54) is 6.07 Å². The molecular weight excluding hydrogens is 314 g/mol. The quantitative estimate of drug-likeness (QED) is 0.886. The van der Waals surface area contributed by atoms with Crippen LogP contribution in [0.15, 0.2) is 18.2 Å². The Kier molecular flexibility index (Phi) is 5.04. The lowest BCUT2D eigenvalue weighted by Crippen LogP contribution is -2.48. The second kappa shape index (κ2) is 7.05. The van der Waals surface area contributed by atoms with E-state index in [1.807, 2.05) is 0 Å². The third-order valence-corrected chi connectivity index (χ3v) is 5.09. The Morgan fingerprint density at radius 2 is 2.04 bits per heavy atom. The highest BCUT2D eigenvalue weighted by molar-refractivity contribution is 5.75. The number of urea groups is 1. The highest BCUT2D eigenvalue weighted by atomic mass is 19.1. The molecule has 4 nitrogen and oxygen atoms in total. The van der Waals surface area contributed by atoms with Crippen LogP contribution in [-0.4, -0.2) is 35.2 Å². The van der Waals surface area contributed by atoms with Gasteiger partial charge in [0.05, 0.1) is 12.1 Å². The van der Waals surface area contributed by atoms with Gasteiger partial charge in [0, 0.05) is 24.6 Å². The summed E-state index contributed by atoms with van der Waals surface area (Å²) in [6, 6.07) is 2.60. The molecule has 0 unspecified atom stereocenters. The van der Waals surface area contributed by atoms with Crippen LogP contribution in [0.25, 0.3) is 0 Å². The minimum atomic E-state index is -0.501. The Balaban J connectivity index is 1.72. The zero-order chi connectivity index (χ0) is 17.3. The van der Waals surface area contributed by atoms with Gasteiger partial charge < -0.3 is 15.3 Å².